The Bertz CT molecular complexity index is 2560. The number of nitrogens with zero attached hydrogens (tertiary/aromatic N) is 6. The van der Waals surface area contributed by atoms with Crippen LogP contribution in [0.1, 0.15) is 74.0 Å². The van der Waals surface area contributed by atoms with Gasteiger partial charge in [0.25, 0.3) is 11.8 Å². The lowest BCUT2D eigenvalue weighted by Crippen LogP contribution is -2.61. The van der Waals surface area contributed by atoms with E-state index in [1.54, 1.807) is 51.7 Å². The van der Waals surface area contributed by atoms with Crippen LogP contribution < -0.4 is 26.0 Å². The summed E-state index contributed by atoms with van der Waals surface area (Å²) < 4.78 is 35.5. The molecule has 21 heteroatoms. The number of piperazine rings is 1. The molecule has 382 valence electrons. The molecule has 2 aromatic heterocycles. The quantitative estimate of drug-likeness (QED) is 0.0713. The van der Waals surface area contributed by atoms with Crippen LogP contribution in [-0.4, -0.2) is 152 Å². The van der Waals surface area contributed by atoms with Gasteiger partial charge in [-0.1, -0.05) is 35.9 Å². The van der Waals surface area contributed by atoms with Crippen molar-refractivity contribution in [1.29, 1.82) is 0 Å². The van der Waals surface area contributed by atoms with Gasteiger partial charge in [0.15, 0.2) is 11.8 Å². The molecular formula is C50H63ClF2N10O6S2. The fourth-order valence-corrected chi connectivity index (χ4v) is 11.9. The van der Waals surface area contributed by atoms with Crippen LogP contribution in [0, 0.1) is 18.8 Å². The van der Waals surface area contributed by atoms with Gasteiger partial charge in [-0.25, -0.2) is 18.7 Å². The first-order valence-electron chi connectivity index (χ1n) is 24.2. The minimum Gasteiger partial charge on any atom is -0.495 e. The van der Waals surface area contributed by atoms with Crippen LogP contribution in [-0.2, 0) is 20.9 Å². The van der Waals surface area contributed by atoms with E-state index >= 15 is 8.78 Å². The largest absolute Gasteiger partial charge is 0.495 e. The Hall–Kier alpha value is -5.15. The molecule has 0 radical (unpaired) electrons. The Morgan fingerprint density at radius 2 is 1.73 bits per heavy atom. The zero-order valence-corrected chi connectivity index (χ0v) is 43.1. The number of nitrogens with one attached hydrogen (secondary N) is 4. The van der Waals surface area contributed by atoms with E-state index in [-0.39, 0.29) is 25.3 Å². The molecule has 1 unspecified atom stereocenters. The standard InChI is InChI=1S/C50H63ClF2N10O6S2/c1-29-41(70-28-57-29)33-12-10-30(11-13-33)23-55-44(65)40-39(52)37(64)26-63(40)46(67)42(59-47(68)50(53)16-17-50)49(2,3)71-27-32-8-6-31(7-9-32)25-61-18-20-62(21-19-61)45(66)34-14-15-36(38(22-34)69-5)58-48-56-24-35(51)43(54-4)60-48/h10-15,22,24,28,31-32,37,39-40,42,64H,6-9,16-21,23,25-27H2,1-5H3,(H,55,65)(H,59,68)(H2,54,56,58,60)/t31?,32?,37-,39-,40+,42?/m0/s1. The Morgan fingerprint density at radius 3 is 2.38 bits per heavy atom. The summed E-state index contributed by atoms with van der Waals surface area (Å²) >= 11 is 9.16. The number of anilines is 3. The molecular weight excluding hydrogens is 974 g/mol. The zero-order valence-electron chi connectivity index (χ0n) is 40.7. The number of aromatic nitrogens is 3. The highest BCUT2D eigenvalue weighted by Gasteiger charge is 2.55. The second kappa shape index (κ2) is 22.3. The van der Waals surface area contributed by atoms with E-state index in [0.717, 1.165) is 71.9 Å². The highest BCUT2D eigenvalue weighted by molar-refractivity contribution is 8.00. The van der Waals surface area contributed by atoms with Gasteiger partial charge in [0.2, 0.25) is 17.8 Å². The number of aryl methyl sites for hydroxylation is 1. The molecule has 0 bridgehead atoms. The van der Waals surface area contributed by atoms with Crippen molar-refractivity contribution in [2.45, 2.75) is 101 Å². The first-order chi connectivity index (χ1) is 34.0. The average Bonchev–Trinajstić information content (AvgIpc) is 3.87. The van der Waals surface area contributed by atoms with Crippen molar-refractivity contribution < 1.29 is 37.8 Å². The maximum absolute atomic E-state index is 15.7. The summed E-state index contributed by atoms with van der Waals surface area (Å²) in [5.74, 6) is 0.291. The SMILES string of the molecule is CNc1nc(Nc2ccc(C(=O)N3CCN(CC4CCC(CSC(C)(C)C(NC(=O)C5(F)CC5)C(=O)N5C[C@H](O)[C@H](F)[C@@H]5C(=O)NCc5ccc(-c6scnc6C)cc5)CC4)CC3)cc2OC)ncc1Cl. The highest BCUT2D eigenvalue weighted by Crippen LogP contribution is 2.42. The number of alkyl halides is 2. The van der Waals surface area contributed by atoms with Crippen LogP contribution in [0.4, 0.5) is 26.2 Å². The second-order valence-corrected chi connectivity index (χ2v) is 22.5. The fraction of sp³-hybridized carbons (Fsp3) is 0.540. The van der Waals surface area contributed by atoms with Gasteiger partial charge in [0.05, 0.1) is 41.6 Å². The Labute approximate surface area is 426 Å². The van der Waals surface area contributed by atoms with Gasteiger partial charge < -0.3 is 40.9 Å². The van der Waals surface area contributed by atoms with Crippen molar-refractivity contribution in [3.05, 3.63) is 76.0 Å². The molecule has 2 aliphatic carbocycles. The number of methoxy groups -OCH3 is 1. The minimum absolute atomic E-state index is 0.0412. The molecule has 4 amide bonds. The number of halogens is 3. The van der Waals surface area contributed by atoms with Crippen molar-refractivity contribution >= 4 is 75.8 Å². The smallest absolute Gasteiger partial charge is 0.258 e. The molecule has 2 saturated carbocycles. The highest BCUT2D eigenvalue weighted by atomic mass is 35.5. The first-order valence-corrected chi connectivity index (χ1v) is 26.4. The van der Waals surface area contributed by atoms with E-state index in [0.29, 0.717) is 64.5 Å². The maximum atomic E-state index is 15.7. The number of ether oxygens (including phenoxy) is 1. The zero-order chi connectivity index (χ0) is 50.6. The summed E-state index contributed by atoms with van der Waals surface area (Å²) in [4.78, 5) is 74.3. The van der Waals surface area contributed by atoms with Gasteiger partial charge in [-0.2, -0.15) is 16.7 Å². The van der Waals surface area contributed by atoms with Crippen molar-refractivity contribution in [2.24, 2.45) is 11.8 Å². The number of aliphatic hydroxyl groups is 1. The van der Waals surface area contributed by atoms with Crippen molar-refractivity contribution in [2.75, 3.05) is 69.8 Å². The summed E-state index contributed by atoms with van der Waals surface area (Å²) in [6.45, 7) is 8.81. The van der Waals surface area contributed by atoms with Crippen LogP contribution in [0.2, 0.25) is 5.02 Å². The van der Waals surface area contributed by atoms with Gasteiger partial charge >= 0.3 is 0 Å². The molecule has 4 aromatic rings. The van der Waals surface area contributed by atoms with Gasteiger partial charge in [-0.3, -0.25) is 24.1 Å². The summed E-state index contributed by atoms with van der Waals surface area (Å²) in [6, 6.07) is 9.84. The summed E-state index contributed by atoms with van der Waals surface area (Å²) in [6.07, 6.45) is 1.86. The van der Waals surface area contributed by atoms with Gasteiger partial charge in [-0.05, 0) is 106 Å². The monoisotopic (exact) mass is 1040 g/mol. The first kappa shape index (κ1) is 52.2. The van der Waals surface area contributed by atoms with E-state index in [4.69, 9.17) is 16.3 Å². The van der Waals surface area contributed by atoms with Gasteiger partial charge in [0.1, 0.15) is 34.8 Å². The second-order valence-electron chi connectivity index (χ2n) is 19.6. The summed E-state index contributed by atoms with van der Waals surface area (Å²) in [5, 5.41) is 22.5. The lowest BCUT2D eigenvalue weighted by atomic mass is 9.82. The van der Waals surface area contributed by atoms with Crippen LogP contribution in [0.5, 0.6) is 5.75 Å². The number of β-amino-alcohol motifs (C(OH)–C–C–N with tert-alkyl or cyclic N) is 1. The summed E-state index contributed by atoms with van der Waals surface area (Å²) in [7, 11) is 3.26. The molecule has 71 heavy (non-hydrogen) atoms. The third-order valence-corrected chi connectivity index (χ3v) is 17.1. The number of rotatable bonds is 18. The summed E-state index contributed by atoms with van der Waals surface area (Å²) in [5.41, 5.74) is 3.47. The Kier molecular flexibility index (Phi) is 16.4. The number of thiazole rings is 1. The van der Waals surface area contributed by atoms with E-state index < -0.39 is 59.0 Å². The molecule has 8 rings (SSSR count). The number of likely N-dealkylation sites (tertiary alicyclic amines) is 1. The molecule has 4 heterocycles. The maximum Gasteiger partial charge on any atom is 0.258 e. The lowest BCUT2D eigenvalue weighted by molar-refractivity contribution is -0.143. The number of amides is 4. The number of carbonyl (C=O) groups is 4. The molecule has 0 spiro atoms. The topological polar surface area (TPSA) is 194 Å². The van der Waals surface area contributed by atoms with Crippen molar-refractivity contribution in [1.82, 2.24) is 40.3 Å². The van der Waals surface area contributed by atoms with E-state index in [2.05, 4.69) is 41.1 Å². The molecule has 16 nitrogen and oxygen atoms in total. The van der Waals surface area contributed by atoms with E-state index in [1.165, 1.54) is 29.3 Å². The number of aliphatic hydroxyl groups excluding tert-OH is 1. The normalized spacial score (nSPS) is 22.6. The number of benzene rings is 2. The average molecular weight is 1040 g/mol. The lowest BCUT2D eigenvalue weighted by Gasteiger charge is -2.40. The Morgan fingerprint density at radius 1 is 1.03 bits per heavy atom. The predicted molar refractivity (Wildman–Crippen MR) is 273 cm³/mol. The van der Waals surface area contributed by atoms with Crippen LogP contribution in [0.25, 0.3) is 10.4 Å². The Balaban J connectivity index is 0.818. The molecule has 2 aliphatic heterocycles. The molecule has 4 aliphatic rings. The van der Waals surface area contributed by atoms with Gasteiger partial charge in [0, 0.05) is 56.6 Å². The third-order valence-electron chi connectivity index (χ3n) is 14.2. The van der Waals surface area contributed by atoms with Crippen LogP contribution in [0.15, 0.2) is 54.2 Å². The number of hydrogen-bond acceptors (Lipinski definition) is 14. The van der Waals surface area contributed by atoms with Gasteiger partial charge in [-0.15, -0.1) is 11.3 Å². The van der Waals surface area contributed by atoms with Crippen molar-refractivity contribution in [3.8, 4) is 16.2 Å². The molecule has 5 N–H and O–H groups in total. The number of hydrogen-bond donors (Lipinski definition) is 5. The molecule has 2 aromatic carbocycles. The van der Waals surface area contributed by atoms with E-state index in [9.17, 15) is 24.3 Å². The van der Waals surface area contributed by atoms with E-state index in [1.807, 2.05) is 36.1 Å². The molecule has 4 fully saturated rings. The third kappa shape index (κ3) is 12.2. The van der Waals surface area contributed by atoms with Crippen LogP contribution >= 0.6 is 34.7 Å². The molecule has 4 atom stereocenters. The predicted octanol–water partition coefficient (Wildman–Crippen LogP) is 6.64. The number of carbonyl (C=O) groups excluding carboxylic acids is 4. The number of thioether (sulfide) groups is 1. The molecule has 2 saturated heterocycles. The minimum atomic E-state index is -2.08. The van der Waals surface area contributed by atoms with Crippen LogP contribution in [0.3, 0.4) is 0 Å². The van der Waals surface area contributed by atoms with Crippen molar-refractivity contribution in [3.63, 3.8) is 0 Å². The fourth-order valence-electron chi connectivity index (χ4n) is 9.58.